The zero-order valence-corrected chi connectivity index (χ0v) is 31.1. The van der Waals surface area contributed by atoms with E-state index in [1.54, 1.807) is 21.3 Å². The smallest absolute Gasteiger partial charge is 0.250 e. The number of fused-ring (bicyclic) bond motifs is 1. The molecule has 46 heavy (non-hydrogen) atoms. The van der Waals surface area contributed by atoms with E-state index in [9.17, 15) is 5.26 Å². The van der Waals surface area contributed by atoms with Gasteiger partial charge in [0.25, 0.3) is 8.32 Å². The number of hydrogen-bond acceptors (Lipinski definition) is 7. The van der Waals surface area contributed by atoms with Crippen molar-refractivity contribution >= 4 is 20.1 Å². The van der Waals surface area contributed by atoms with Crippen molar-refractivity contribution in [3.05, 3.63) is 76.9 Å². The Morgan fingerprint density at radius 1 is 0.891 bits per heavy atom. The van der Waals surface area contributed by atoms with Crippen LogP contribution in [0.5, 0.6) is 23.0 Å². The summed E-state index contributed by atoms with van der Waals surface area (Å²) in [5, 5.41) is 10.2. The van der Waals surface area contributed by atoms with Crippen LogP contribution in [0, 0.1) is 18.3 Å². The largest absolute Gasteiger partial charge is 0.541 e. The molecule has 0 fully saturated rings. The fraction of sp³-hybridized carbons (Fsp3) is 0.500. The number of unbranched alkanes of at least 4 members (excludes halogenated alkanes) is 2. The molecule has 0 spiro atoms. The SMILES string of the molecule is COc1ccc(C(C#N)CCCCCN2CCc3cc(OC)c(O[Si](C)(C)C(C)(C)C)cc3C2Sc2ccc(C)cc2)cc1OC. The van der Waals surface area contributed by atoms with Gasteiger partial charge < -0.3 is 18.6 Å². The van der Waals surface area contributed by atoms with Crippen LogP contribution in [0.25, 0.3) is 0 Å². The predicted octanol–water partition coefficient (Wildman–Crippen LogP) is 9.92. The van der Waals surface area contributed by atoms with Gasteiger partial charge in [-0.3, -0.25) is 4.90 Å². The first-order valence-electron chi connectivity index (χ1n) is 16.4. The third-order valence-electron chi connectivity index (χ3n) is 9.54. The van der Waals surface area contributed by atoms with Gasteiger partial charge in [0.2, 0.25) is 0 Å². The van der Waals surface area contributed by atoms with Crippen molar-refractivity contribution in [1.82, 2.24) is 4.90 Å². The number of rotatable bonds is 14. The van der Waals surface area contributed by atoms with E-state index in [1.165, 1.54) is 21.6 Å². The van der Waals surface area contributed by atoms with E-state index in [-0.39, 0.29) is 16.3 Å². The summed E-state index contributed by atoms with van der Waals surface area (Å²) < 4.78 is 23.6. The third kappa shape index (κ3) is 8.61. The van der Waals surface area contributed by atoms with E-state index in [1.807, 2.05) is 30.0 Å². The van der Waals surface area contributed by atoms with Crippen molar-refractivity contribution in [3.8, 4) is 29.1 Å². The van der Waals surface area contributed by atoms with Crippen LogP contribution in [0.3, 0.4) is 0 Å². The summed E-state index contributed by atoms with van der Waals surface area (Å²) in [6.45, 7) is 15.5. The molecule has 0 aromatic heterocycles. The molecule has 0 N–H and O–H groups in total. The van der Waals surface area contributed by atoms with Crippen LogP contribution in [0.15, 0.2) is 59.5 Å². The lowest BCUT2D eigenvalue weighted by atomic mass is 9.94. The molecule has 3 aromatic carbocycles. The molecular weight excluding hydrogens is 609 g/mol. The van der Waals surface area contributed by atoms with Gasteiger partial charge in [-0.1, -0.05) is 57.4 Å². The quantitative estimate of drug-likeness (QED) is 0.126. The minimum Gasteiger partial charge on any atom is -0.541 e. The molecule has 0 aliphatic carbocycles. The van der Waals surface area contributed by atoms with E-state index in [4.69, 9.17) is 18.6 Å². The lowest BCUT2D eigenvalue weighted by molar-refractivity contribution is 0.240. The van der Waals surface area contributed by atoms with E-state index in [0.29, 0.717) is 11.5 Å². The number of aryl methyl sites for hydroxylation is 1. The lowest BCUT2D eigenvalue weighted by Crippen LogP contribution is -2.44. The minimum atomic E-state index is -2.07. The van der Waals surface area contributed by atoms with Crippen LogP contribution in [-0.4, -0.2) is 47.6 Å². The molecular formula is C38H52N2O4SSi. The van der Waals surface area contributed by atoms with Gasteiger partial charge in [-0.05, 0) is 104 Å². The number of nitriles is 1. The van der Waals surface area contributed by atoms with Gasteiger partial charge in [-0.15, -0.1) is 11.8 Å². The molecule has 4 rings (SSSR count). The zero-order chi connectivity index (χ0) is 33.5. The molecule has 0 bridgehead atoms. The van der Waals surface area contributed by atoms with Crippen molar-refractivity contribution in [2.75, 3.05) is 34.4 Å². The number of benzene rings is 3. The summed E-state index contributed by atoms with van der Waals surface area (Å²) >= 11 is 1.92. The van der Waals surface area contributed by atoms with E-state index in [2.05, 4.69) is 88.2 Å². The van der Waals surface area contributed by atoms with Crippen molar-refractivity contribution in [1.29, 1.82) is 5.26 Å². The monoisotopic (exact) mass is 660 g/mol. The van der Waals surface area contributed by atoms with Crippen molar-refractivity contribution in [2.24, 2.45) is 0 Å². The maximum atomic E-state index is 9.94. The van der Waals surface area contributed by atoms with Crippen LogP contribution in [-0.2, 0) is 6.42 Å². The molecule has 1 heterocycles. The van der Waals surface area contributed by atoms with Gasteiger partial charge in [-0.2, -0.15) is 5.26 Å². The second kappa shape index (κ2) is 15.6. The highest BCUT2D eigenvalue weighted by atomic mass is 32.2. The molecule has 0 amide bonds. The van der Waals surface area contributed by atoms with E-state index < -0.39 is 8.32 Å². The molecule has 1 aliphatic rings. The predicted molar refractivity (Wildman–Crippen MR) is 192 cm³/mol. The summed E-state index contributed by atoms with van der Waals surface area (Å²) in [5.41, 5.74) is 4.91. The second-order valence-electron chi connectivity index (χ2n) is 13.8. The number of methoxy groups -OCH3 is 3. The molecule has 0 saturated carbocycles. The topological polar surface area (TPSA) is 64.0 Å². The minimum absolute atomic E-state index is 0.0833. The zero-order valence-electron chi connectivity index (χ0n) is 29.2. The first kappa shape index (κ1) is 35.7. The van der Waals surface area contributed by atoms with Crippen molar-refractivity contribution in [2.45, 2.75) is 94.1 Å². The third-order valence-corrected chi connectivity index (χ3v) is 15.2. The lowest BCUT2D eigenvalue weighted by Gasteiger charge is -2.39. The van der Waals surface area contributed by atoms with Crippen LogP contribution < -0.4 is 18.6 Å². The Kier molecular flexibility index (Phi) is 12.2. The fourth-order valence-electron chi connectivity index (χ4n) is 5.64. The summed E-state index contributed by atoms with van der Waals surface area (Å²) in [4.78, 5) is 3.90. The molecule has 6 nitrogen and oxygen atoms in total. The average Bonchev–Trinajstić information content (AvgIpc) is 3.03. The van der Waals surface area contributed by atoms with Gasteiger partial charge in [0.15, 0.2) is 17.2 Å². The number of thioether (sulfide) groups is 1. The van der Waals surface area contributed by atoms with Gasteiger partial charge in [0, 0.05) is 11.4 Å². The van der Waals surface area contributed by atoms with Crippen LogP contribution in [0.4, 0.5) is 0 Å². The molecule has 0 saturated heterocycles. The Labute approximate surface area is 282 Å². The molecule has 0 radical (unpaired) electrons. The summed E-state index contributed by atoms with van der Waals surface area (Å²) in [7, 11) is 2.93. The maximum absolute atomic E-state index is 9.94. The van der Waals surface area contributed by atoms with Gasteiger partial charge >= 0.3 is 0 Å². The van der Waals surface area contributed by atoms with Gasteiger partial charge in [-0.25, -0.2) is 0 Å². The molecule has 248 valence electrons. The Morgan fingerprint density at radius 2 is 1.57 bits per heavy atom. The molecule has 3 aromatic rings. The highest BCUT2D eigenvalue weighted by molar-refractivity contribution is 7.99. The standard InChI is InChI=1S/C38H52N2O4SSi/c1-27-14-17-31(18-15-27)45-37-32-25-36(44-46(8,9)38(2,3)4)35(43-7)24-29(32)20-22-40(37)21-12-10-11-13-30(26-39)28-16-19-33(41-5)34(23-28)42-6/h14-19,23-25,30,37H,10-13,20-22H2,1-9H3. The first-order chi connectivity index (χ1) is 21.9. The Bertz CT molecular complexity index is 1500. The van der Waals surface area contributed by atoms with Crippen LogP contribution >= 0.6 is 11.8 Å². The van der Waals surface area contributed by atoms with E-state index >= 15 is 0 Å². The number of hydrogen-bond donors (Lipinski definition) is 0. The average molecular weight is 661 g/mol. The molecule has 2 atom stereocenters. The fourth-order valence-corrected chi connectivity index (χ4v) is 7.91. The van der Waals surface area contributed by atoms with Crippen molar-refractivity contribution < 1.29 is 18.6 Å². The van der Waals surface area contributed by atoms with Crippen molar-refractivity contribution in [3.63, 3.8) is 0 Å². The van der Waals surface area contributed by atoms with Gasteiger partial charge in [0.05, 0.1) is 38.7 Å². The Hall–Kier alpha value is -3.12. The first-order valence-corrected chi connectivity index (χ1v) is 20.2. The Morgan fingerprint density at radius 3 is 2.20 bits per heavy atom. The van der Waals surface area contributed by atoms with Crippen LogP contribution in [0.1, 0.15) is 80.0 Å². The summed E-state index contributed by atoms with van der Waals surface area (Å²) in [6, 6.07) is 21.7. The number of ether oxygens (including phenoxy) is 3. The summed E-state index contributed by atoms with van der Waals surface area (Å²) in [6.07, 6.45) is 4.94. The second-order valence-corrected chi connectivity index (χ2v) is 19.7. The number of nitrogens with zero attached hydrogens (tertiary/aromatic N) is 2. The molecule has 8 heteroatoms. The van der Waals surface area contributed by atoms with Crippen LogP contribution in [0.2, 0.25) is 18.1 Å². The molecule has 1 aliphatic heterocycles. The van der Waals surface area contributed by atoms with Gasteiger partial charge in [0.1, 0.15) is 5.75 Å². The maximum Gasteiger partial charge on any atom is 0.250 e. The molecule has 2 unspecified atom stereocenters. The highest BCUT2D eigenvalue weighted by Crippen LogP contribution is 2.47. The highest BCUT2D eigenvalue weighted by Gasteiger charge is 2.40. The normalized spacial score (nSPS) is 15.9. The summed E-state index contributed by atoms with van der Waals surface area (Å²) in [5.74, 6) is 2.87. The Balaban J connectivity index is 1.50. The van der Waals surface area contributed by atoms with E-state index in [0.717, 1.165) is 62.3 Å².